The molecule has 0 saturated heterocycles. The fourth-order valence-corrected chi connectivity index (χ4v) is 1.71. The van der Waals surface area contributed by atoms with E-state index in [4.69, 9.17) is 17.3 Å². The van der Waals surface area contributed by atoms with Gasteiger partial charge in [-0.25, -0.2) is 8.78 Å². The standard InChI is InChI=1S/C8H4ClF2N3S/c9-3-1-4(6(11)5(10)2-3)7-13-8(12)15-14-7/h1-2H,(H2,12,13,14). The maximum absolute atomic E-state index is 13.3. The number of hydrogen-bond acceptors (Lipinski definition) is 4. The molecule has 2 rings (SSSR count). The third-order valence-electron chi connectivity index (χ3n) is 1.68. The van der Waals surface area contributed by atoms with Crippen LogP contribution in [0.3, 0.4) is 0 Å². The molecular formula is C8H4ClF2N3S. The van der Waals surface area contributed by atoms with Crippen LogP contribution in [0, 0.1) is 11.6 Å². The number of aromatic nitrogens is 2. The van der Waals surface area contributed by atoms with E-state index in [2.05, 4.69) is 9.36 Å². The molecule has 0 aliphatic heterocycles. The summed E-state index contributed by atoms with van der Waals surface area (Å²) in [6, 6.07) is 2.14. The molecule has 7 heteroatoms. The van der Waals surface area contributed by atoms with E-state index in [1.54, 1.807) is 0 Å². The molecule has 1 aromatic heterocycles. The average molecular weight is 248 g/mol. The summed E-state index contributed by atoms with van der Waals surface area (Å²) in [6.07, 6.45) is 0. The number of nitrogen functional groups attached to an aromatic ring is 1. The van der Waals surface area contributed by atoms with Crippen molar-refractivity contribution in [2.45, 2.75) is 0 Å². The van der Waals surface area contributed by atoms with Crippen LogP contribution in [0.2, 0.25) is 5.02 Å². The molecule has 15 heavy (non-hydrogen) atoms. The lowest BCUT2D eigenvalue weighted by atomic mass is 10.2. The number of nitrogens with zero attached hydrogens (tertiary/aromatic N) is 2. The zero-order valence-electron chi connectivity index (χ0n) is 7.17. The highest BCUT2D eigenvalue weighted by molar-refractivity contribution is 7.09. The molecule has 1 aromatic carbocycles. The van der Waals surface area contributed by atoms with Gasteiger partial charge in [0.2, 0.25) is 0 Å². The predicted molar refractivity (Wildman–Crippen MR) is 54.7 cm³/mol. The molecule has 0 unspecified atom stereocenters. The van der Waals surface area contributed by atoms with E-state index in [0.717, 1.165) is 17.6 Å². The highest BCUT2D eigenvalue weighted by atomic mass is 35.5. The topological polar surface area (TPSA) is 51.8 Å². The summed E-state index contributed by atoms with van der Waals surface area (Å²) >= 11 is 6.49. The number of anilines is 1. The summed E-state index contributed by atoms with van der Waals surface area (Å²) in [5, 5.41) is 0.266. The fourth-order valence-electron chi connectivity index (χ4n) is 1.06. The van der Waals surface area contributed by atoms with Crippen molar-refractivity contribution in [2.24, 2.45) is 0 Å². The number of hydrogen-bond donors (Lipinski definition) is 1. The monoisotopic (exact) mass is 247 g/mol. The maximum atomic E-state index is 13.3. The van der Waals surface area contributed by atoms with Crippen LogP contribution >= 0.6 is 23.1 Å². The van der Waals surface area contributed by atoms with Crippen LogP contribution in [0.15, 0.2) is 12.1 Å². The zero-order chi connectivity index (χ0) is 11.0. The quantitative estimate of drug-likeness (QED) is 0.789. The first kappa shape index (κ1) is 10.3. The van der Waals surface area contributed by atoms with Gasteiger partial charge in [0.15, 0.2) is 22.6 Å². The van der Waals surface area contributed by atoms with Crippen LogP contribution in [0.1, 0.15) is 0 Å². The Balaban J connectivity index is 2.62. The SMILES string of the molecule is Nc1nc(-c2cc(Cl)cc(F)c2F)ns1. The minimum absolute atomic E-state index is 0.0383. The van der Waals surface area contributed by atoms with E-state index in [1.807, 2.05) is 0 Å². The van der Waals surface area contributed by atoms with E-state index < -0.39 is 11.6 Å². The Hall–Kier alpha value is -1.27. The van der Waals surface area contributed by atoms with Crippen molar-refractivity contribution in [2.75, 3.05) is 5.73 Å². The van der Waals surface area contributed by atoms with Crippen molar-refractivity contribution in [1.29, 1.82) is 0 Å². The van der Waals surface area contributed by atoms with Gasteiger partial charge in [0.05, 0.1) is 5.56 Å². The molecule has 0 atom stereocenters. The van der Waals surface area contributed by atoms with Gasteiger partial charge in [0.25, 0.3) is 0 Å². The van der Waals surface area contributed by atoms with Gasteiger partial charge in [-0.3, -0.25) is 0 Å². The average Bonchev–Trinajstić information content (AvgIpc) is 2.58. The van der Waals surface area contributed by atoms with Crippen LogP contribution in [0.5, 0.6) is 0 Å². The number of rotatable bonds is 1. The smallest absolute Gasteiger partial charge is 0.200 e. The predicted octanol–water partition coefficient (Wildman–Crippen LogP) is 2.72. The van der Waals surface area contributed by atoms with Crippen molar-refractivity contribution in [1.82, 2.24) is 9.36 Å². The third-order valence-corrected chi connectivity index (χ3v) is 2.44. The van der Waals surface area contributed by atoms with Gasteiger partial charge in [-0.15, -0.1) is 0 Å². The molecule has 2 N–H and O–H groups in total. The van der Waals surface area contributed by atoms with Crippen molar-refractivity contribution in [3.8, 4) is 11.4 Å². The van der Waals surface area contributed by atoms with Crippen LogP contribution in [0.4, 0.5) is 13.9 Å². The lowest BCUT2D eigenvalue weighted by Gasteiger charge is -2.00. The van der Waals surface area contributed by atoms with E-state index in [-0.39, 0.29) is 21.5 Å². The summed E-state index contributed by atoms with van der Waals surface area (Å²) in [4.78, 5) is 3.74. The van der Waals surface area contributed by atoms with Crippen molar-refractivity contribution in [3.05, 3.63) is 28.8 Å². The number of benzene rings is 1. The van der Waals surface area contributed by atoms with E-state index >= 15 is 0 Å². The van der Waals surface area contributed by atoms with E-state index in [0.29, 0.717) is 0 Å². The second kappa shape index (κ2) is 3.71. The molecule has 0 fully saturated rings. The molecule has 0 bridgehead atoms. The summed E-state index contributed by atoms with van der Waals surface area (Å²) in [5.74, 6) is -2.03. The van der Waals surface area contributed by atoms with Crippen LogP contribution < -0.4 is 5.73 Å². The summed E-state index contributed by atoms with van der Waals surface area (Å²) in [7, 11) is 0. The summed E-state index contributed by atoms with van der Waals surface area (Å²) in [5.41, 5.74) is 5.25. The Morgan fingerprint density at radius 2 is 2.07 bits per heavy atom. The normalized spacial score (nSPS) is 10.6. The van der Waals surface area contributed by atoms with Crippen LogP contribution in [0.25, 0.3) is 11.4 Å². The number of halogens is 3. The van der Waals surface area contributed by atoms with Gasteiger partial charge in [-0.1, -0.05) is 11.6 Å². The summed E-state index contributed by atoms with van der Waals surface area (Å²) < 4.78 is 30.1. The molecular weight excluding hydrogens is 244 g/mol. The highest BCUT2D eigenvalue weighted by Crippen LogP contribution is 2.27. The molecule has 78 valence electrons. The first-order chi connectivity index (χ1) is 7.08. The van der Waals surface area contributed by atoms with Crippen molar-refractivity contribution >= 4 is 28.3 Å². The third kappa shape index (κ3) is 1.91. The lowest BCUT2D eigenvalue weighted by Crippen LogP contribution is -1.92. The minimum Gasteiger partial charge on any atom is -0.374 e. The minimum atomic E-state index is -1.04. The van der Waals surface area contributed by atoms with Crippen LogP contribution in [-0.2, 0) is 0 Å². The van der Waals surface area contributed by atoms with Gasteiger partial charge in [-0.2, -0.15) is 9.36 Å². The highest BCUT2D eigenvalue weighted by Gasteiger charge is 2.15. The molecule has 0 aliphatic carbocycles. The van der Waals surface area contributed by atoms with Gasteiger partial charge in [0.1, 0.15) is 0 Å². The van der Waals surface area contributed by atoms with E-state index in [1.165, 1.54) is 6.07 Å². The van der Waals surface area contributed by atoms with Gasteiger partial charge >= 0.3 is 0 Å². The van der Waals surface area contributed by atoms with Crippen molar-refractivity contribution < 1.29 is 8.78 Å². The fraction of sp³-hybridized carbons (Fsp3) is 0. The van der Waals surface area contributed by atoms with E-state index in [9.17, 15) is 8.78 Å². The first-order valence-electron chi connectivity index (χ1n) is 3.82. The molecule has 0 saturated carbocycles. The van der Waals surface area contributed by atoms with Gasteiger partial charge in [0, 0.05) is 16.6 Å². The maximum Gasteiger partial charge on any atom is 0.200 e. The lowest BCUT2D eigenvalue weighted by molar-refractivity contribution is 0.511. The van der Waals surface area contributed by atoms with Crippen molar-refractivity contribution in [3.63, 3.8) is 0 Å². The Morgan fingerprint density at radius 1 is 1.33 bits per heavy atom. The van der Waals surface area contributed by atoms with Gasteiger partial charge in [-0.05, 0) is 12.1 Å². The molecule has 0 spiro atoms. The summed E-state index contributed by atoms with van der Waals surface area (Å²) in [6.45, 7) is 0. The van der Waals surface area contributed by atoms with Crippen LogP contribution in [-0.4, -0.2) is 9.36 Å². The second-order valence-electron chi connectivity index (χ2n) is 2.71. The molecule has 0 radical (unpaired) electrons. The largest absolute Gasteiger partial charge is 0.374 e. The first-order valence-corrected chi connectivity index (χ1v) is 4.97. The molecule has 0 amide bonds. The van der Waals surface area contributed by atoms with Gasteiger partial charge < -0.3 is 5.73 Å². The molecule has 0 aliphatic rings. The molecule has 3 nitrogen and oxygen atoms in total. The zero-order valence-corrected chi connectivity index (χ0v) is 8.74. The molecule has 1 heterocycles. The second-order valence-corrected chi connectivity index (χ2v) is 3.93. The Bertz CT molecular complexity index is 515. The Morgan fingerprint density at radius 3 is 2.67 bits per heavy atom. The Labute approximate surface area is 92.7 Å². The number of nitrogens with two attached hydrogens (primary N) is 1. The Kier molecular flexibility index (Phi) is 2.54. The molecule has 2 aromatic rings.